The van der Waals surface area contributed by atoms with Crippen LogP contribution in [0.2, 0.25) is 0 Å². The smallest absolute Gasteiger partial charge is 0.244 e. The standard InChI is InChI=1S/C19H13Br3N2O2/c20-15-6-5-12(13-3-1-2-4-14(13)15)9-18(25)24-23-10-11-7-16(21)19(26)17(22)8-11/h1-8,10,26H,9H2,(H,24,25)/b23-10-. The number of nitrogens with one attached hydrogen (secondary N) is 1. The van der Waals surface area contributed by atoms with Gasteiger partial charge in [0.05, 0.1) is 21.6 Å². The van der Waals surface area contributed by atoms with Crippen LogP contribution in [0.25, 0.3) is 10.8 Å². The zero-order valence-corrected chi connectivity index (χ0v) is 18.1. The maximum absolute atomic E-state index is 12.2. The van der Waals surface area contributed by atoms with Gasteiger partial charge in [-0.3, -0.25) is 4.79 Å². The van der Waals surface area contributed by atoms with Crippen molar-refractivity contribution >= 4 is 70.7 Å². The van der Waals surface area contributed by atoms with E-state index in [2.05, 4.69) is 58.3 Å². The van der Waals surface area contributed by atoms with Gasteiger partial charge in [-0.1, -0.05) is 46.3 Å². The molecule has 0 saturated heterocycles. The molecule has 0 aromatic heterocycles. The molecule has 3 aromatic carbocycles. The second kappa shape index (κ2) is 8.33. The number of hydrazone groups is 1. The first-order valence-corrected chi connectivity index (χ1v) is 9.99. The first-order valence-electron chi connectivity index (χ1n) is 7.61. The van der Waals surface area contributed by atoms with Gasteiger partial charge in [-0.15, -0.1) is 0 Å². The van der Waals surface area contributed by atoms with Gasteiger partial charge in [0.1, 0.15) is 5.75 Å². The highest BCUT2D eigenvalue weighted by Gasteiger charge is 2.08. The van der Waals surface area contributed by atoms with Crippen LogP contribution in [0.1, 0.15) is 11.1 Å². The number of nitrogens with zero attached hydrogens (tertiary/aromatic N) is 1. The number of phenols is 1. The fraction of sp³-hybridized carbons (Fsp3) is 0.0526. The molecule has 0 radical (unpaired) electrons. The van der Waals surface area contributed by atoms with Gasteiger partial charge in [0.25, 0.3) is 0 Å². The Hall–Kier alpha value is -1.70. The maximum Gasteiger partial charge on any atom is 0.244 e. The van der Waals surface area contributed by atoms with Gasteiger partial charge in [-0.2, -0.15) is 5.10 Å². The summed E-state index contributed by atoms with van der Waals surface area (Å²) in [6.07, 6.45) is 1.75. The molecule has 132 valence electrons. The van der Waals surface area contributed by atoms with Gasteiger partial charge in [-0.05, 0) is 72.0 Å². The predicted molar refractivity (Wildman–Crippen MR) is 115 cm³/mol. The molecule has 26 heavy (non-hydrogen) atoms. The number of hydrogen-bond donors (Lipinski definition) is 2. The lowest BCUT2D eigenvalue weighted by Crippen LogP contribution is -2.19. The Morgan fingerprint density at radius 3 is 2.35 bits per heavy atom. The summed E-state index contributed by atoms with van der Waals surface area (Å²) in [5.74, 6) is -0.0843. The van der Waals surface area contributed by atoms with Crippen molar-refractivity contribution in [1.29, 1.82) is 0 Å². The average Bonchev–Trinajstić information content (AvgIpc) is 2.62. The van der Waals surface area contributed by atoms with Crippen molar-refractivity contribution in [3.63, 3.8) is 0 Å². The largest absolute Gasteiger partial charge is 0.506 e. The third-order valence-electron chi connectivity index (χ3n) is 3.75. The Labute approximate surface area is 175 Å². The van der Waals surface area contributed by atoms with Crippen molar-refractivity contribution in [2.24, 2.45) is 5.10 Å². The molecule has 7 heteroatoms. The van der Waals surface area contributed by atoms with Crippen LogP contribution >= 0.6 is 47.8 Å². The molecule has 0 unspecified atom stereocenters. The molecule has 0 fully saturated rings. The summed E-state index contributed by atoms with van der Waals surface area (Å²) < 4.78 is 2.08. The van der Waals surface area contributed by atoms with E-state index in [0.717, 1.165) is 26.4 Å². The Morgan fingerprint density at radius 2 is 1.65 bits per heavy atom. The molecular weight excluding hydrogens is 528 g/mol. The minimum Gasteiger partial charge on any atom is -0.506 e. The van der Waals surface area contributed by atoms with Crippen molar-refractivity contribution < 1.29 is 9.90 Å². The summed E-state index contributed by atoms with van der Waals surface area (Å²) in [6.45, 7) is 0. The normalized spacial score (nSPS) is 11.2. The topological polar surface area (TPSA) is 61.7 Å². The number of carbonyl (C=O) groups is 1. The Bertz CT molecular complexity index is 996. The lowest BCUT2D eigenvalue weighted by molar-refractivity contribution is -0.120. The van der Waals surface area contributed by atoms with Crippen molar-refractivity contribution in [3.8, 4) is 5.75 Å². The van der Waals surface area contributed by atoms with Crippen molar-refractivity contribution in [1.82, 2.24) is 5.43 Å². The van der Waals surface area contributed by atoms with Crippen LogP contribution in [0, 0.1) is 0 Å². The number of aromatic hydroxyl groups is 1. The molecule has 0 spiro atoms. The van der Waals surface area contributed by atoms with E-state index in [1.165, 1.54) is 6.21 Å². The van der Waals surface area contributed by atoms with Crippen LogP contribution in [0.4, 0.5) is 0 Å². The lowest BCUT2D eigenvalue weighted by Gasteiger charge is -2.07. The van der Waals surface area contributed by atoms with E-state index in [-0.39, 0.29) is 18.1 Å². The van der Waals surface area contributed by atoms with E-state index in [1.54, 1.807) is 12.1 Å². The maximum atomic E-state index is 12.2. The zero-order valence-electron chi connectivity index (χ0n) is 13.3. The van der Waals surface area contributed by atoms with E-state index >= 15 is 0 Å². The molecule has 0 aliphatic carbocycles. The molecule has 3 rings (SSSR count). The minimum absolute atomic E-state index is 0.119. The summed E-state index contributed by atoms with van der Waals surface area (Å²) in [4.78, 5) is 12.2. The highest BCUT2D eigenvalue weighted by molar-refractivity contribution is 9.11. The van der Waals surface area contributed by atoms with E-state index in [1.807, 2.05) is 36.4 Å². The van der Waals surface area contributed by atoms with E-state index in [9.17, 15) is 9.90 Å². The van der Waals surface area contributed by atoms with E-state index in [4.69, 9.17) is 0 Å². The van der Waals surface area contributed by atoms with Crippen LogP contribution in [0.5, 0.6) is 5.75 Å². The number of fused-ring (bicyclic) bond motifs is 1. The number of hydrogen-bond acceptors (Lipinski definition) is 3. The van der Waals surface area contributed by atoms with Gasteiger partial charge in [0.15, 0.2) is 0 Å². The van der Waals surface area contributed by atoms with Gasteiger partial charge in [0, 0.05) is 4.47 Å². The summed E-state index contributed by atoms with van der Waals surface area (Å²) >= 11 is 10.0. The van der Waals surface area contributed by atoms with Gasteiger partial charge in [-0.25, -0.2) is 5.43 Å². The molecule has 4 nitrogen and oxygen atoms in total. The number of benzene rings is 3. The fourth-order valence-electron chi connectivity index (χ4n) is 2.53. The molecule has 0 heterocycles. The third kappa shape index (κ3) is 4.34. The first-order chi connectivity index (χ1) is 12.5. The quantitative estimate of drug-likeness (QED) is 0.338. The van der Waals surface area contributed by atoms with E-state index in [0.29, 0.717) is 8.95 Å². The monoisotopic (exact) mass is 538 g/mol. The molecule has 0 aliphatic heterocycles. The van der Waals surface area contributed by atoms with E-state index < -0.39 is 0 Å². The lowest BCUT2D eigenvalue weighted by atomic mass is 10.0. The third-order valence-corrected chi connectivity index (χ3v) is 5.65. The van der Waals surface area contributed by atoms with Crippen LogP contribution in [0.3, 0.4) is 0 Å². The predicted octanol–water partition coefficient (Wildman–Crippen LogP) is 5.53. The van der Waals surface area contributed by atoms with Crippen LogP contribution in [0.15, 0.2) is 67.1 Å². The van der Waals surface area contributed by atoms with Crippen molar-refractivity contribution in [2.75, 3.05) is 0 Å². The van der Waals surface area contributed by atoms with Crippen molar-refractivity contribution in [2.45, 2.75) is 6.42 Å². The average molecular weight is 541 g/mol. The SMILES string of the molecule is O=C(Cc1ccc(Br)c2ccccc12)N/N=C\c1cc(Br)c(O)c(Br)c1. The second-order valence-electron chi connectivity index (χ2n) is 5.56. The molecule has 0 atom stereocenters. The van der Waals surface area contributed by atoms with Crippen LogP contribution in [-0.2, 0) is 11.2 Å². The van der Waals surface area contributed by atoms with Gasteiger partial charge >= 0.3 is 0 Å². The van der Waals surface area contributed by atoms with Crippen LogP contribution in [-0.4, -0.2) is 17.2 Å². The molecule has 0 aliphatic rings. The number of phenolic OH excluding ortho intramolecular Hbond substituents is 1. The van der Waals surface area contributed by atoms with Crippen molar-refractivity contribution in [3.05, 3.63) is 73.1 Å². The minimum atomic E-state index is -0.203. The first kappa shape index (κ1) is 19.1. The number of amides is 1. The number of halogens is 3. The molecule has 0 bridgehead atoms. The Balaban J connectivity index is 1.71. The number of carbonyl (C=O) groups excluding carboxylic acids is 1. The second-order valence-corrected chi connectivity index (χ2v) is 8.12. The molecule has 2 N–H and O–H groups in total. The molecule has 1 amide bonds. The van der Waals surface area contributed by atoms with Gasteiger partial charge in [0.2, 0.25) is 5.91 Å². The Morgan fingerprint density at radius 1 is 1.00 bits per heavy atom. The number of rotatable bonds is 4. The van der Waals surface area contributed by atoms with Gasteiger partial charge < -0.3 is 5.11 Å². The van der Waals surface area contributed by atoms with Crippen LogP contribution < -0.4 is 5.43 Å². The molecule has 0 saturated carbocycles. The Kier molecular flexibility index (Phi) is 6.11. The summed E-state index contributed by atoms with van der Waals surface area (Å²) in [5.41, 5.74) is 4.21. The molecular formula is C19H13Br3N2O2. The highest BCUT2D eigenvalue weighted by Crippen LogP contribution is 2.32. The molecule has 3 aromatic rings. The highest BCUT2D eigenvalue weighted by atomic mass is 79.9. The summed E-state index contributed by atoms with van der Waals surface area (Å²) in [7, 11) is 0. The zero-order chi connectivity index (χ0) is 18.7. The summed E-state index contributed by atoms with van der Waals surface area (Å²) in [6, 6.07) is 15.2. The fourth-order valence-corrected chi connectivity index (χ4v) is 4.23. The summed E-state index contributed by atoms with van der Waals surface area (Å²) in [5, 5.41) is 15.8.